The first-order valence-electron chi connectivity index (χ1n) is 3.78. The highest BCUT2D eigenvalue weighted by Gasteiger charge is 2.38. The van der Waals surface area contributed by atoms with Gasteiger partial charge in [0, 0.05) is 6.42 Å². The summed E-state index contributed by atoms with van der Waals surface area (Å²) in [6.07, 6.45) is 1.46. The summed E-state index contributed by atoms with van der Waals surface area (Å²) >= 11 is 0. The molecule has 1 aliphatic rings. The molecule has 0 aliphatic carbocycles. The van der Waals surface area contributed by atoms with Gasteiger partial charge in [-0.1, -0.05) is 6.92 Å². The lowest BCUT2D eigenvalue weighted by Gasteiger charge is -2.21. The zero-order chi connectivity index (χ0) is 7.61. The first-order valence-corrected chi connectivity index (χ1v) is 3.78. The van der Waals surface area contributed by atoms with Crippen LogP contribution in [0.5, 0.6) is 0 Å². The van der Waals surface area contributed by atoms with Crippen molar-refractivity contribution in [1.29, 1.82) is 0 Å². The minimum atomic E-state index is -2.49. The summed E-state index contributed by atoms with van der Waals surface area (Å²) in [4.78, 5) is 0. The van der Waals surface area contributed by atoms with Crippen molar-refractivity contribution in [1.82, 2.24) is 5.32 Å². The number of hydrogen-bond donors (Lipinski definition) is 1. The summed E-state index contributed by atoms with van der Waals surface area (Å²) in [5.41, 5.74) is 0. The lowest BCUT2D eigenvalue weighted by Crippen LogP contribution is -2.40. The summed E-state index contributed by atoms with van der Waals surface area (Å²) in [7, 11) is 0. The van der Waals surface area contributed by atoms with Crippen LogP contribution in [0.1, 0.15) is 26.2 Å². The standard InChI is InChI=1S/C7H13F2N.ClH/c1-2-7(8,9)6-4-3-5-10-6;/h6,10H,2-5H2,1H3;1H. The van der Waals surface area contributed by atoms with Crippen LogP contribution in [0.3, 0.4) is 0 Å². The van der Waals surface area contributed by atoms with E-state index in [9.17, 15) is 8.78 Å². The van der Waals surface area contributed by atoms with Crippen LogP contribution in [0.15, 0.2) is 0 Å². The quantitative estimate of drug-likeness (QED) is 0.696. The van der Waals surface area contributed by atoms with Gasteiger partial charge >= 0.3 is 0 Å². The molecule has 68 valence electrons. The van der Waals surface area contributed by atoms with E-state index in [2.05, 4.69) is 5.32 Å². The van der Waals surface area contributed by atoms with Crippen molar-refractivity contribution >= 4 is 12.4 Å². The summed E-state index contributed by atoms with van der Waals surface area (Å²) < 4.78 is 25.6. The van der Waals surface area contributed by atoms with Gasteiger partial charge in [-0.2, -0.15) is 0 Å². The van der Waals surface area contributed by atoms with E-state index in [0.29, 0.717) is 6.42 Å². The van der Waals surface area contributed by atoms with Gasteiger partial charge in [0.25, 0.3) is 5.92 Å². The van der Waals surface area contributed by atoms with Crippen molar-refractivity contribution in [3.63, 3.8) is 0 Å². The molecule has 1 N–H and O–H groups in total. The minimum Gasteiger partial charge on any atom is -0.309 e. The van der Waals surface area contributed by atoms with E-state index in [-0.39, 0.29) is 18.8 Å². The number of hydrogen-bond acceptors (Lipinski definition) is 1. The third kappa shape index (κ3) is 2.56. The van der Waals surface area contributed by atoms with Gasteiger partial charge in [0.1, 0.15) is 0 Å². The maximum atomic E-state index is 12.8. The van der Waals surface area contributed by atoms with E-state index in [1.54, 1.807) is 0 Å². The Balaban J connectivity index is 0.000001000. The molecule has 0 radical (unpaired) electrons. The molecule has 0 spiro atoms. The number of rotatable bonds is 2. The zero-order valence-electron chi connectivity index (χ0n) is 6.57. The van der Waals surface area contributed by atoms with Crippen molar-refractivity contribution in [2.75, 3.05) is 6.54 Å². The molecule has 1 heterocycles. The molecule has 0 bridgehead atoms. The fraction of sp³-hybridized carbons (Fsp3) is 1.00. The molecule has 1 saturated heterocycles. The Morgan fingerprint density at radius 2 is 2.18 bits per heavy atom. The third-order valence-electron chi connectivity index (χ3n) is 2.04. The van der Waals surface area contributed by atoms with Crippen molar-refractivity contribution in [2.24, 2.45) is 0 Å². The molecule has 1 fully saturated rings. The van der Waals surface area contributed by atoms with Gasteiger partial charge in [-0.05, 0) is 19.4 Å². The van der Waals surface area contributed by atoms with Gasteiger partial charge in [-0.15, -0.1) is 12.4 Å². The SMILES string of the molecule is CCC(F)(F)C1CCCN1.Cl. The fourth-order valence-electron chi connectivity index (χ4n) is 1.29. The van der Waals surface area contributed by atoms with E-state index >= 15 is 0 Å². The van der Waals surface area contributed by atoms with E-state index in [4.69, 9.17) is 0 Å². The van der Waals surface area contributed by atoms with Crippen molar-refractivity contribution < 1.29 is 8.78 Å². The van der Waals surface area contributed by atoms with Crippen LogP contribution in [-0.4, -0.2) is 18.5 Å². The smallest absolute Gasteiger partial charge is 0.262 e. The maximum Gasteiger partial charge on any atom is 0.262 e. The molecule has 0 aromatic carbocycles. The molecule has 4 heteroatoms. The average Bonchev–Trinajstić information content (AvgIpc) is 2.38. The monoisotopic (exact) mass is 185 g/mol. The molecule has 1 atom stereocenters. The lowest BCUT2D eigenvalue weighted by atomic mass is 10.1. The number of halogens is 3. The second-order valence-electron chi connectivity index (χ2n) is 2.76. The molecule has 1 aliphatic heterocycles. The normalized spacial score (nSPS) is 24.8. The molecule has 0 amide bonds. The van der Waals surface area contributed by atoms with Crippen LogP contribution in [-0.2, 0) is 0 Å². The zero-order valence-corrected chi connectivity index (χ0v) is 7.39. The molecule has 0 saturated carbocycles. The van der Waals surface area contributed by atoms with Gasteiger partial charge in [0.2, 0.25) is 0 Å². The highest BCUT2D eigenvalue weighted by atomic mass is 35.5. The van der Waals surface area contributed by atoms with Crippen molar-refractivity contribution in [3.05, 3.63) is 0 Å². The third-order valence-corrected chi connectivity index (χ3v) is 2.04. The van der Waals surface area contributed by atoms with Crippen molar-refractivity contribution in [3.8, 4) is 0 Å². The second kappa shape index (κ2) is 4.21. The van der Waals surface area contributed by atoms with Crippen LogP contribution < -0.4 is 5.32 Å². The molecular formula is C7H14ClF2N. The average molecular weight is 186 g/mol. The second-order valence-corrected chi connectivity index (χ2v) is 2.76. The largest absolute Gasteiger partial charge is 0.309 e. The summed E-state index contributed by atoms with van der Waals surface area (Å²) in [5, 5.41) is 2.80. The molecular weight excluding hydrogens is 172 g/mol. The van der Waals surface area contributed by atoms with Crippen LogP contribution in [0.4, 0.5) is 8.78 Å². The van der Waals surface area contributed by atoms with Gasteiger partial charge in [0.05, 0.1) is 6.04 Å². The Morgan fingerprint density at radius 3 is 2.55 bits per heavy atom. The van der Waals surface area contributed by atoms with Crippen LogP contribution in [0.2, 0.25) is 0 Å². The Bertz CT molecular complexity index is 113. The minimum absolute atomic E-state index is 0. The Morgan fingerprint density at radius 1 is 1.55 bits per heavy atom. The first kappa shape index (κ1) is 11.1. The van der Waals surface area contributed by atoms with Crippen LogP contribution in [0.25, 0.3) is 0 Å². The van der Waals surface area contributed by atoms with E-state index < -0.39 is 12.0 Å². The van der Waals surface area contributed by atoms with Gasteiger partial charge < -0.3 is 5.32 Å². The van der Waals surface area contributed by atoms with E-state index in [1.165, 1.54) is 6.92 Å². The Kier molecular flexibility index (Phi) is 4.26. The predicted octanol–water partition coefficient (Wildman–Crippen LogP) is 2.21. The van der Waals surface area contributed by atoms with Crippen molar-refractivity contribution in [2.45, 2.75) is 38.2 Å². The van der Waals surface area contributed by atoms with Crippen LogP contribution in [0, 0.1) is 0 Å². The molecule has 0 aromatic rings. The molecule has 1 nitrogen and oxygen atoms in total. The summed E-state index contributed by atoms with van der Waals surface area (Å²) in [5.74, 6) is -2.49. The number of nitrogens with one attached hydrogen (secondary N) is 1. The Labute approximate surface area is 72.0 Å². The van der Waals surface area contributed by atoms with Gasteiger partial charge in [-0.25, -0.2) is 8.78 Å². The fourth-order valence-corrected chi connectivity index (χ4v) is 1.29. The Hall–Kier alpha value is 0.110. The summed E-state index contributed by atoms with van der Waals surface area (Å²) in [6, 6.07) is -0.558. The lowest BCUT2D eigenvalue weighted by molar-refractivity contribution is -0.0346. The molecule has 1 rings (SSSR count). The first-order chi connectivity index (χ1) is 4.67. The van der Waals surface area contributed by atoms with Gasteiger partial charge in [0.15, 0.2) is 0 Å². The van der Waals surface area contributed by atoms with Crippen LogP contribution >= 0.6 is 12.4 Å². The highest BCUT2D eigenvalue weighted by molar-refractivity contribution is 5.85. The topological polar surface area (TPSA) is 12.0 Å². The van der Waals surface area contributed by atoms with E-state index in [1.807, 2.05) is 0 Å². The molecule has 0 aromatic heterocycles. The summed E-state index contributed by atoms with van der Waals surface area (Å²) in [6.45, 7) is 2.28. The van der Waals surface area contributed by atoms with E-state index in [0.717, 1.165) is 13.0 Å². The van der Waals surface area contributed by atoms with Gasteiger partial charge in [-0.3, -0.25) is 0 Å². The predicted molar refractivity (Wildman–Crippen MR) is 43.5 cm³/mol. The number of alkyl halides is 2. The maximum absolute atomic E-state index is 12.8. The highest BCUT2D eigenvalue weighted by Crippen LogP contribution is 2.27. The molecule has 1 unspecified atom stereocenters. The molecule has 11 heavy (non-hydrogen) atoms.